The molecule has 0 heterocycles. The van der Waals surface area contributed by atoms with E-state index in [0.29, 0.717) is 0 Å². The standard InChI is InChI=1S/CH2O2.ClH.2H3N/c2-1-3;;;/h1H,(H,2,3);1H;2*1H3. The minimum atomic E-state index is -0.250. The summed E-state index contributed by atoms with van der Waals surface area (Å²) in [5.41, 5.74) is 0. The van der Waals surface area contributed by atoms with Crippen LogP contribution in [0.2, 0.25) is 0 Å². The highest BCUT2D eigenvalue weighted by Crippen LogP contribution is 0.966. The van der Waals surface area contributed by atoms with Crippen LogP contribution in [0.4, 0.5) is 0 Å². The molecule has 0 bridgehead atoms. The van der Waals surface area contributed by atoms with Gasteiger partial charge >= 0.3 is 0 Å². The van der Waals surface area contributed by atoms with Crippen molar-refractivity contribution in [3.63, 3.8) is 0 Å². The molecule has 0 aliphatic heterocycles. The van der Waals surface area contributed by atoms with Crippen molar-refractivity contribution in [3.8, 4) is 0 Å². The first kappa shape index (κ1) is 44.1. The van der Waals surface area contributed by atoms with Crippen LogP contribution in [0.1, 0.15) is 0 Å². The lowest BCUT2D eigenvalue weighted by Gasteiger charge is -1.34. The number of carbonyl (C=O) groups is 1. The summed E-state index contributed by atoms with van der Waals surface area (Å²) in [5.74, 6) is 0. The lowest BCUT2D eigenvalue weighted by Crippen LogP contribution is -1.49. The lowest BCUT2D eigenvalue weighted by molar-refractivity contribution is -0.122. The average Bonchev–Trinajstić information content (AvgIpc) is 0.918. The molecule has 0 amide bonds. The van der Waals surface area contributed by atoms with Crippen LogP contribution in [0, 0.1) is 0 Å². The van der Waals surface area contributed by atoms with Crippen LogP contribution >= 0.6 is 12.4 Å². The first-order valence-electron chi connectivity index (χ1n) is 0.494. The zero-order chi connectivity index (χ0) is 2.71. The van der Waals surface area contributed by atoms with E-state index in [4.69, 9.17) is 9.90 Å². The quantitative estimate of drug-likeness (QED) is 0.399. The maximum Gasteiger partial charge on any atom is 0.290 e. The summed E-state index contributed by atoms with van der Waals surface area (Å²) in [6.45, 7) is -0.250. The molecule has 42 valence electrons. The fourth-order valence-corrected chi connectivity index (χ4v) is 0. The highest BCUT2D eigenvalue weighted by atomic mass is 35.5. The second-order valence-electron chi connectivity index (χ2n) is 0.105. The topological polar surface area (TPSA) is 107 Å². The Morgan fingerprint density at radius 1 is 1.33 bits per heavy atom. The second kappa shape index (κ2) is 137. The molecule has 0 aliphatic carbocycles. The Morgan fingerprint density at radius 3 is 1.33 bits per heavy atom. The minimum absolute atomic E-state index is 0. The molecule has 4 nitrogen and oxygen atoms in total. The molecule has 0 spiro atoms. The van der Waals surface area contributed by atoms with E-state index in [1.807, 2.05) is 0 Å². The summed E-state index contributed by atoms with van der Waals surface area (Å²) in [6, 6.07) is 0. The number of rotatable bonds is 0. The van der Waals surface area contributed by atoms with E-state index >= 15 is 0 Å². The highest BCUT2D eigenvalue weighted by molar-refractivity contribution is 5.85. The van der Waals surface area contributed by atoms with Crippen molar-refractivity contribution in [3.05, 3.63) is 0 Å². The van der Waals surface area contributed by atoms with Crippen molar-refractivity contribution >= 4 is 18.9 Å². The van der Waals surface area contributed by atoms with Crippen molar-refractivity contribution < 1.29 is 9.90 Å². The van der Waals surface area contributed by atoms with Crippen molar-refractivity contribution in [2.75, 3.05) is 0 Å². The molecule has 0 fully saturated rings. The largest absolute Gasteiger partial charge is 0.483 e. The molecule has 0 unspecified atom stereocenters. The van der Waals surface area contributed by atoms with Gasteiger partial charge in [-0.1, -0.05) is 0 Å². The average molecular weight is 117 g/mol. The van der Waals surface area contributed by atoms with Crippen molar-refractivity contribution in [2.45, 2.75) is 0 Å². The summed E-state index contributed by atoms with van der Waals surface area (Å²) in [7, 11) is 0. The number of hydrogen-bond acceptors (Lipinski definition) is 3. The summed E-state index contributed by atoms with van der Waals surface area (Å²) in [6.07, 6.45) is 0. The first-order valence-corrected chi connectivity index (χ1v) is 0.494. The Bertz CT molecular complexity index is 19.0. The second-order valence-corrected chi connectivity index (χ2v) is 0.105. The Morgan fingerprint density at radius 2 is 1.33 bits per heavy atom. The third-order valence-corrected chi connectivity index (χ3v) is 0. The number of hydrogen-bond donors (Lipinski definition) is 3. The maximum atomic E-state index is 8.36. The number of carboxylic acid groups (broad SMARTS) is 1. The van der Waals surface area contributed by atoms with Gasteiger partial charge in [0.05, 0.1) is 0 Å². The Hall–Kier alpha value is -0.320. The molecule has 5 heteroatoms. The van der Waals surface area contributed by atoms with Gasteiger partial charge in [0.15, 0.2) is 0 Å². The molecule has 7 N–H and O–H groups in total. The van der Waals surface area contributed by atoms with Gasteiger partial charge in [0.1, 0.15) is 0 Å². The summed E-state index contributed by atoms with van der Waals surface area (Å²) < 4.78 is 0. The summed E-state index contributed by atoms with van der Waals surface area (Å²) >= 11 is 0. The molecular weight excluding hydrogens is 107 g/mol. The predicted octanol–water partition coefficient (Wildman–Crippen LogP) is 0.447. The van der Waals surface area contributed by atoms with E-state index in [0.717, 1.165) is 0 Å². The molecule has 0 saturated heterocycles. The van der Waals surface area contributed by atoms with Crippen LogP contribution in [0.3, 0.4) is 0 Å². The summed E-state index contributed by atoms with van der Waals surface area (Å²) in [4.78, 5) is 8.36. The van der Waals surface area contributed by atoms with E-state index in [9.17, 15) is 0 Å². The van der Waals surface area contributed by atoms with E-state index in [2.05, 4.69) is 0 Å². The Balaban J connectivity index is -0.00000000667. The fraction of sp³-hybridized carbons (Fsp3) is 0. The predicted molar refractivity (Wildman–Crippen MR) is 26.0 cm³/mol. The summed E-state index contributed by atoms with van der Waals surface area (Å²) in [5, 5.41) is 6.89. The van der Waals surface area contributed by atoms with Gasteiger partial charge in [-0.15, -0.1) is 12.4 Å². The first-order chi connectivity index (χ1) is 1.41. The van der Waals surface area contributed by atoms with Gasteiger partial charge in [0.2, 0.25) is 0 Å². The molecule has 6 heavy (non-hydrogen) atoms. The Kier molecular flexibility index (Phi) is 1010. The smallest absolute Gasteiger partial charge is 0.290 e. The maximum absolute atomic E-state index is 8.36. The molecular formula is CH9ClN2O2. The highest BCUT2D eigenvalue weighted by Gasteiger charge is 1.22. The fourth-order valence-electron chi connectivity index (χ4n) is 0. The zero-order valence-corrected chi connectivity index (χ0v) is 4.07. The van der Waals surface area contributed by atoms with Gasteiger partial charge in [0.25, 0.3) is 6.47 Å². The van der Waals surface area contributed by atoms with Crippen molar-refractivity contribution in [2.24, 2.45) is 0 Å². The van der Waals surface area contributed by atoms with Crippen LogP contribution < -0.4 is 12.3 Å². The van der Waals surface area contributed by atoms with Gasteiger partial charge in [0, 0.05) is 0 Å². The van der Waals surface area contributed by atoms with Gasteiger partial charge < -0.3 is 17.4 Å². The molecule has 0 aromatic heterocycles. The third-order valence-electron chi connectivity index (χ3n) is 0. The van der Waals surface area contributed by atoms with Crippen molar-refractivity contribution in [1.82, 2.24) is 12.3 Å². The number of halogens is 1. The molecule has 0 atom stereocenters. The van der Waals surface area contributed by atoms with E-state index < -0.39 is 0 Å². The van der Waals surface area contributed by atoms with Crippen LogP contribution in [-0.2, 0) is 4.79 Å². The molecule has 0 aliphatic rings. The van der Waals surface area contributed by atoms with Gasteiger partial charge in [-0.05, 0) is 0 Å². The zero-order valence-electron chi connectivity index (χ0n) is 3.26. The van der Waals surface area contributed by atoms with Gasteiger partial charge in [-0.2, -0.15) is 0 Å². The monoisotopic (exact) mass is 116 g/mol. The Labute approximate surface area is 42.1 Å². The van der Waals surface area contributed by atoms with Crippen molar-refractivity contribution in [1.29, 1.82) is 0 Å². The van der Waals surface area contributed by atoms with E-state index in [1.165, 1.54) is 0 Å². The molecule has 0 saturated carbocycles. The van der Waals surface area contributed by atoms with E-state index in [-0.39, 0.29) is 31.2 Å². The van der Waals surface area contributed by atoms with Gasteiger partial charge in [-0.25, -0.2) is 0 Å². The lowest BCUT2D eigenvalue weighted by atomic mass is 11.7. The van der Waals surface area contributed by atoms with Crippen LogP contribution in [0.25, 0.3) is 0 Å². The normalized spacial score (nSPS) is 2.00. The molecule has 0 aromatic carbocycles. The van der Waals surface area contributed by atoms with Crippen LogP contribution in [-0.4, -0.2) is 11.6 Å². The molecule has 0 radical (unpaired) electrons. The molecule has 0 aromatic rings. The van der Waals surface area contributed by atoms with Crippen LogP contribution in [0.5, 0.6) is 0 Å². The minimum Gasteiger partial charge on any atom is -0.483 e. The third kappa shape index (κ3) is 258. The molecule has 0 rings (SSSR count). The van der Waals surface area contributed by atoms with E-state index in [1.54, 1.807) is 0 Å². The van der Waals surface area contributed by atoms with Crippen LogP contribution in [0.15, 0.2) is 0 Å². The van der Waals surface area contributed by atoms with Gasteiger partial charge in [-0.3, -0.25) is 4.79 Å². The SMILES string of the molecule is Cl.N.N.O=CO.